The number of unbranched alkanes of at least 4 members (excludes halogenated alkanes) is 1. The summed E-state index contributed by atoms with van der Waals surface area (Å²) < 4.78 is 0. The monoisotopic (exact) mass is 191 g/mol. The second-order valence-electron chi connectivity index (χ2n) is 3.43. The summed E-state index contributed by atoms with van der Waals surface area (Å²) in [5, 5.41) is 0. The van der Waals surface area contributed by atoms with Crippen molar-refractivity contribution in [2.24, 2.45) is 5.73 Å². The van der Waals surface area contributed by atoms with E-state index in [-0.39, 0.29) is 12.3 Å². The van der Waals surface area contributed by atoms with Gasteiger partial charge in [0.15, 0.2) is 5.78 Å². The van der Waals surface area contributed by atoms with Crippen LogP contribution in [0.15, 0.2) is 24.3 Å². The number of carbonyl (C=O) groups is 1. The fraction of sp³-hybridized carbons (Fsp3) is 0.417. The first-order valence-electron chi connectivity index (χ1n) is 5.10. The molecule has 0 radical (unpaired) electrons. The maximum atomic E-state index is 11.2. The van der Waals surface area contributed by atoms with Gasteiger partial charge in [-0.1, -0.05) is 37.6 Å². The molecule has 14 heavy (non-hydrogen) atoms. The molecule has 0 saturated heterocycles. The third kappa shape index (κ3) is 2.96. The van der Waals surface area contributed by atoms with Crippen LogP contribution in [0.4, 0.5) is 0 Å². The molecule has 0 spiro atoms. The van der Waals surface area contributed by atoms with Crippen LogP contribution in [-0.2, 0) is 6.42 Å². The standard InChI is InChI=1S/C12H17NO/c1-2-3-4-10-5-7-11(8-6-10)12(14)9-13/h5-8H,2-4,9,13H2,1H3. The Hall–Kier alpha value is -1.15. The lowest BCUT2D eigenvalue weighted by Crippen LogP contribution is -2.13. The zero-order valence-electron chi connectivity index (χ0n) is 8.62. The predicted octanol–water partition coefficient (Wildman–Crippen LogP) is 2.17. The molecule has 1 aromatic rings. The molecule has 1 rings (SSSR count). The van der Waals surface area contributed by atoms with Crippen LogP contribution >= 0.6 is 0 Å². The number of hydrogen-bond donors (Lipinski definition) is 1. The van der Waals surface area contributed by atoms with Crippen LogP contribution in [0.5, 0.6) is 0 Å². The number of hydrogen-bond acceptors (Lipinski definition) is 2. The Balaban J connectivity index is 2.63. The van der Waals surface area contributed by atoms with Gasteiger partial charge in [0.2, 0.25) is 0 Å². The van der Waals surface area contributed by atoms with Crippen molar-refractivity contribution in [1.82, 2.24) is 0 Å². The Morgan fingerprint density at radius 1 is 1.29 bits per heavy atom. The van der Waals surface area contributed by atoms with Crippen molar-refractivity contribution < 1.29 is 4.79 Å². The fourth-order valence-corrected chi connectivity index (χ4v) is 1.36. The molecule has 76 valence electrons. The van der Waals surface area contributed by atoms with Crippen LogP contribution < -0.4 is 5.73 Å². The zero-order chi connectivity index (χ0) is 10.4. The molecule has 0 heterocycles. The van der Waals surface area contributed by atoms with E-state index >= 15 is 0 Å². The van der Waals surface area contributed by atoms with Crippen molar-refractivity contribution in [3.05, 3.63) is 35.4 Å². The number of nitrogens with two attached hydrogens (primary N) is 1. The van der Waals surface area contributed by atoms with Gasteiger partial charge in [-0.25, -0.2) is 0 Å². The molecule has 2 nitrogen and oxygen atoms in total. The Bertz CT molecular complexity index is 290. The van der Waals surface area contributed by atoms with Crippen LogP contribution in [0.3, 0.4) is 0 Å². The summed E-state index contributed by atoms with van der Waals surface area (Å²) in [6, 6.07) is 7.75. The average molecular weight is 191 g/mol. The lowest BCUT2D eigenvalue weighted by molar-refractivity contribution is 0.100. The van der Waals surface area contributed by atoms with Crippen molar-refractivity contribution in [2.45, 2.75) is 26.2 Å². The van der Waals surface area contributed by atoms with Crippen molar-refractivity contribution in [3.63, 3.8) is 0 Å². The quantitative estimate of drug-likeness (QED) is 0.725. The molecule has 0 unspecified atom stereocenters. The van der Waals surface area contributed by atoms with Gasteiger partial charge in [0.05, 0.1) is 6.54 Å². The summed E-state index contributed by atoms with van der Waals surface area (Å²) in [5.41, 5.74) is 7.28. The van der Waals surface area contributed by atoms with Gasteiger partial charge in [0, 0.05) is 5.56 Å². The number of aryl methyl sites for hydroxylation is 1. The highest BCUT2D eigenvalue weighted by atomic mass is 16.1. The minimum absolute atomic E-state index is 0.00652. The predicted molar refractivity (Wildman–Crippen MR) is 58.4 cm³/mol. The van der Waals surface area contributed by atoms with Crippen LogP contribution in [0, 0.1) is 0 Å². The van der Waals surface area contributed by atoms with Crippen molar-refractivity contribution in [2.75, 3.05) is 6.54 Å². The minimum atomic E-state index is 0.00652. The summed E-state index contributed by atoms with van der Waals surface area (Å²) >= 11 is 0. The van der Waals surface area contributed by atoms with Crippen LogP contribution in [0.1, 0.15) is 35.7 Å². The number of ketones is 1. The highest BCUT2D eigenvalue weighted by Crippen LogP contribution is 2.08. The fourth-order valence-electron chi connectivity index (χ4n) is 1.36. The number of carbonyl (C=O) groups excluding carboxylic acids is 1. The molecule has 0 bridgehead atoms. The number of Topliss-reactive ketones (excluding diaryl/α,β-unsaturated/α-hetero) is 1. The third-order valence-corrected chi connectivity index (χ3v) is 2.28. The Kier molecular flexibility index (Phi) is 4.33. The first-order chi connectivity index (χ1) is 6.77. The van der Waals surface area contributed by atoms with Gasteiger partial charge in [-0.3, -0.25) is 4.79 Å². The molecule has 0 aliphatic heterocycles. The van der Waals surface area contributed by atoms with Gasteiger partial charge in [-0.2, -0.15) is 0 Å². The van der Waals surface area contributed by atoms with E-state index in [0.29, 0.717) is 5.56 Å². The largest absolute Gasteiger partial charge is 0.324 e. The molecule has 0 amide bonds. The van der Waals surface area contributed by atoms with Gasteiger partial charge in [0.1, 0.15) is 0 Å². The molecular formula is C12H17NO. The average Bonchev–Trinajstić information content (AvgIpc) is 2.26. The first-order valence-corrected chi connectivity index (χ1v) is 5.10. The molecule has 0 aromatic heterocycles. The van der Waals surface area contributed by atoms with Crippen molar-refractivity contribution in [1.29, 1.82) is 0 Å². The van der Waals surface area contributed by atoms with E-state index in [1.165, 1.54) is 18.4 Å². The summed E-state index contributed by atoms with van der Waals surface area (Å²) in [5.74, 6) is 0.00652. The Labute approximate surface area is 85.1 Å². The molecule has 0 atom stereocenters. The van der Waals surface area contributed by atoms with Gasteiger partial charge in [0.25, 0.3) is 0 Å². The topological polar surface area (TPSA) is 43.1 Å². The van der Waals surface area contributed by atoms with E-state index < -0.39 is 0 Å². The third-order valence-electron chi connectivity index (χ3n) is 2.28. The van der Waals surface area contributed by atoms with Crippen molar-refractivity contribution >= 4 is 5.78 Å². The maximum absolute atomic E-state index is 11.2. The molecule has 0 aliphatic carbocycles. The van der Waals surface area contributed by atoms with Crippen LogP contribution in [0.2, 0.25) is 0 Å². The smallest absolute Gasteiger partial charge is 0.176 e. The molecular weight excluding hydrogens is 174 g/mol. The Morgan fingerprint density at radius 2 is 1.93 bits per heavy atom. The summed E-state index contributed by atoms with van der Waals surface area (Å²) in [7, 11) is 0. The van der Waals surface area contributed by atoms with Gasteiger partial charge in [-0.05, 0) is 18.4 Å². The Morgan fingerprint density at radius 3 is 2.43 bits per heavy atom. The normalized spacial score (nSPS) is 10.1. The van der Waals surface area contributed by atoms with E-state index in [9.17, 15) is 4.79 Å². The SMILES string of the molecule is CCCCc1ccc(C(=O)CN)cc1. The molecule has 1 aromatic carbocycles. The highest BCUT2D eigenvalue weighted by Gasteiger charge is 2.01. The second-order valence-corrected chi connectivity index (χ2v) is 3.43. The van der Waals surface area contributed by atoms with Crippen molar-refractivity contribution in [3.8, 4) is 0 Å². The molecule has 2 heteroatoms. The number of benzene rings is 1. The first kappa shape index (κ1) is 10.9. The molecule has 0 aliphatic rings. The van der Waals surface area contributed by atoms with E-state index in [1.54, 1.807) is 0 Å². The molecule has 0 fully saturated rings. The van der Waals surface area contributed by atoms with Gasteiger partial charge >= 0.3 is 0 Å². The summed E-state index contributed by atoms with van der Waals surface area (Å²) in [4.78, 5) is 11.2. The summed E-state index contributed by atoms with van der Waals surface area (Å²) in [6.45, 7) is 2.26. The van der Waals surface area contributed by atoms with Gasteiger partial charge in [-0.15, -0.1) is 0 Å². The van der Waals surface area contributed by atoms with E-state index in [1.807, 2.05) is 24.3 Å². The highest BCUT2D eigenvalue weighted by molar-refractivity contribution is 5.97. The van der Waals surface area contributed by atoms with E-state index in [0.717, 1.165) is 6.42 Å². The van der Waals surface area contributed by atoms with E-state index in [4.69, 9.17) is 5.73 Å². The number of rotatable bonds is 5. The summed E-state index contributed by atoms with van der Waals surface area (Å²) in [6.07, 6.45) is 3.49. The maximum Gasteiger partial charge on any atom is 0.176 e. The second kappa shape index (κ2) is 5.55. The van der Waals surface area contributed by atoms with Crippen LogP contribution in [-0.4, -0.2) is 12.3 Å². The van der Waals surface area contributed by atoms with Gasteiger partial charge < -0.3 is 5.73 Å². The lowest BCUT2D eigenvalue weighted by Gasteiger charge is -2.01. The van der Waals surface area contributed by atoms with Crippen LogP contribution in [0.25, 0.3) is 0 Å². The molecule has 2 N–H and O–H groups in total. The zero-order valence-corrected chi connectivity index (χ0v) is 8.62. The minimum Gasteiger partial charge on any atom is -0.324 e. The lowest BCUT2D eigenvalue weighted by atomic mass is 10.0. The molecule has 0 saturated carbocycles. The van der Waals surface area contributed by atoms with E-state index in [2.05, 4.69) is 6.92 Å².